The summed E-state index contributed by atoms with van der Waals surface area (Å²) < 4.78 is 13.2. The quantitative estimate of drug-likeness (QED) is 0.525. The third-order valence-corrected chi connectivity index (χ3v) is 5.22. The van der Waals surface area contributed by atoms with Gasteiger partial charge in [-0.15, -0.1) is 0 Å². The van der Waals surface area contributed by atoms with Gasteiger partial charge < -0.3 is 14.4 Å². The lowest BCUT2D eigenvalue weighted by Crippen LogP contribution is -2.52. The second kappa shape index (κ2) is 8.86. The van der Waals surface area contributed by atoms with Gasteiger partial charge in [-0.25, -0.2) is 4.79 Å². The molecule has 0 bridgehead atoms. The summed E-state index contributed by atoms with van der Waals surface area (Å²) in [7, 11) is 0. The molecule has 3 aromatic rings. The second-order valence-corrected chi connectivity index (χ2v) is 8.86. The molecule has 1 aliphatic heterocycles. The van der Waals surface area contributed by atoms with Gasteiger partial charge in [-0.3, -0.25) is 9.48 Å². The third kappa shape index (κ3) is 4.82. The van der Waals surface area contributed by atoms with Gasteiger partial charge in [0.15, 0.2) is 6.29 Å². The molecule has 166 valence electrons. The summed E-state index contributed by atoms with van der Waals surface area (Å²) in [5.74, 6) is 0.536. The van der Waals surface area contributed by atoms with E-state index in [-0.39, 0.29) is 12.1 Å². The number of ether oxygens (including phenoxy) is 2. The van der Waals surface area contributed by atoms with Gasteiger partial charge in [0.2, 0.25) is 0 Å². The van der Waals surface area contributed by atoms with Crippen LogP contribution >= 0.6 is 0 Å². The molecule has 32 heavy (non-hydrogen) atoms. The van der Waals surface area contributed by atoms with Crippen molar-refractivity contribution in [1.29, 1.82) is 0 Å². The fourth-order valence-corrected chi connectivity index (χ4v) is 3.55. The van der Waals surface area contributed by atoms with Gasteiger partial charge in [0, 0.05) is 24.8 Å². The first-order valence-corrected chi connectivity index (χ1v) is 10.6. The Labute approximate surface area is 187 Å². The molecule has 0 N–H and O–H groups in total. The first-order valence-electron chi connectivity index (χ1n) is 10.6. The third-order valence-electron chi connectivity index (χ3n) is 5.22. The van der Waals surface area contributed by atoms with Crippen molar-refractivity contribution < 1.29 is 19.1 Å². The largest absolute Gasteiger partial charge is 0.488 e. The Kier molecular flexibility index (Phi) is 5.99. The standard InChI is InChI=1S/C25H27N3O4/c1-25(2,3)32-24(30)27-14-20(15-27)28-13-19(12-26-28)21-10-7-11-23(22(21)16-29)31-17-18-8-5-4-6-9-18/h4-13,16,20H,14-15,17H2,1-3H3. The summed E-state index contributed by atoms with van der Waals surface area (Å²) in [4.78, 5) is 25.7. The summed E-state index contributed by atoms with van der Waals surface area (Å²) in [5.41, 5.74) is 2.60. The highest BCUT2D eigenvalue weighted by Gasteiger charge is 2.35. The molecule has 1 aromatic heterocycles. The maximum Gasteiger partial charge on any atom is 0.410 e. The summed E-state index contributed by atoms with van der Waals surface area (Å²) in [6.45, 7) is 7.01. The molecule has 0 saturated carbocycles. The minimum Gasteiger partial charge on any atom is -0.488 e. The number of likely N-dealkylation sites (tertiary alicyclic amines) is 1. The van der Waals surface area contributed by atoms with Crippen LogP contribution in [0.4, 0.5) is 4.79 Å². The van der Waals surface area contributed by atoms with Crippen LogP contribution in [0, 0.1) is 0 Å². The minimum atomic E-state index is -0.514. The molecular formula is C25H27N3O4. The van der Waals surface area contributed by atoms with Crippen molar-refractivity contribution in [2.75, 3.05) is 13.1 Å². The van der Waals surface area contributed by atoms with Crippen molar-refractivity contribution >= 4 is 12.4 Å². The van der Waals surface area contributed by atoms with Crippen LogP contribution in [-0.4, -0.2) is 45.8 Å². The number of carbonyl (C=O) groups excluding carboxylic acids is 2. The zero-order valence-corrected chi connectivity index (χ0v) is 18.5. The Balaban J connectivity index is 1.45. The summed E-state index contributed by atoms with van der Waals surface area (Å²) in [6.07, 6.45) is 4.15. The van der Waals surface area contributed by atoms with Gasteiger partial charge in [0.05, 0.1) is 17.8 Å². The van der Waals surface area contributed by atoms with Crippen LogP contribution in [0.15, 0.2) is 60.9 Å². The van der Waals surface area contributed by atoms with E-state index in [1.54, 1.807) is 17.2 Å². The monoisotopic (exact) mass is 433 g/mol. The van der Waals surface area contributed by atoms with Gasteiger partial charge in [-0.2, -0.15) is 5.10 Å². The molecule has 7 nitrogen and oxygen atoms in total. The molecule has 1 saturated heterocycles. The molecule has 0 spiro atoms. The number of nitrogens with zero attached hydrogens (tertiary/aromatic N) is 3. The molecule has 0 atom stereocenters. The number of benzene rings is 2. The Hall–Kier alpha value is -3.61. The number of rotatable bonds is 6. The number of aromatic nitrogens is 2. The Morgan fingerprint density at radius 3 is 2.56 bits per heavy atom. The highest BCUT2D eigenvalue weighted by atomic mass is 16.6. The van der Waals surface area contributed by atoms with Crippen molar-refractivity contribution in [3.05, 3.63) is 72.1 Å². The number of carbonyl (C=O) groups is 2. The van der Waals surface area contributed by atoms with Gasteiger partial charge >= 0.3 is 6.09 Å². The molecule has 4 rings (SSSR count). The van der Waals surface area contributed by atoms with Crippen molar-refractivity contribution in [3.8, 4) is 16.9 Å². The number of aldehydes is 1. The lowest BCUT2D eigenvalue weighted by atomic mass is 10.0. The van der Waals surface area contributed by atoms with Crippen LogP contribution in [0.5, 0.6) is 5.75 Å². The zero-order chi connectivity index (χ0) is 22.7. The van der Waals surface area contributed by atoms with Gasteiger partial charge in [-0.05, 0) is 38.0 Å². The lowest BCUT2D eigenvalue weighted by Gasteiger charge is -2.39. The predicted molar refractivity (Wildman–Crippen MR) is 121 cm³/mol. The molecule has 0 unspecified atom stereocenters. The average Bonchev–Trinajstić information content (AvgIpc) is 3.19. The predicted octanol–water partition coefficient (Wildman–Crippen LogP) is 4.73. The van der Waals surface area contributed by atoms with Gasteiger partial charge in [0.1, 0.15) is 18.0 Å². The molecule has 0 radical (unpaired) electrons. The van der Waals surface area contributed by atoms with Crippen LogP contribution in [0.2, 0.25) is 0 Å². The maximum atomic E-state index is 12.2. The van der Waals surface area contributed by atoms with E-state index in [0.717, 1.165) is 23.0 Å². The normalized spacial score (nSPS) is 14.0. The second-order valence-electron chi connectivity index (χ2n) is 8.86. The number of hydrogen-bond donors (Lipinski definition) is 0. The molecule has 1 aliphatic rings. The smallest absolute Gasteiger partial charge is 0.410 e. The van der Waals surface area contributed by atoms with Gasteiger partial charge in [0.25, 0.3) is 0 Å². The molecule has 1 fully saturated rings. The van der Waals surface area contributed by atoms with E-state index in [2.05, 4.69) is 5.10 Å². The van der Waals surface area contributed by atoms with E-state index < -0.39 is 5.60 Å². The molecular weight excluding hydrogens is 406 g/mol. The van der Waals surface area contributed by atoms with Crippen LogP contribution in [0.25, 0.3) is 11.1 Å². The summed E-state index contributed by atoms with van der Waals surface area (Å²) in [5, 5.41) is 4.46. The maximum absolute atomic E-state index is 12.2. The fourth-order valence-electron chi connectivity index (χ4n) is 3.55. The van der Waals surface area contributed by atoms with Gasteiger partial charge in [-0.1, -0.05) is 42.5 Å². The fraction of sp³-hybridized carbons (Fsp3) is 0.320. The Bertz CT molecular complexity index is 1100. The highest BCUT2D eigenvalue weighted by Crippen LogP contribution is 2.31. The van der Waals surface area contributed by atoms with Crippen LogP contribution in [0.3, 0.4) is 0 Å². The van der Waals surface area contributed by atoms with E-state index in [1.165, 1.54) is 0 Å². The minimum absolute atomic E-state index is 0.0773. The number of amides is 1. The van der Waals surface area contributed by atoms with Crippen molar-refractivity contribution in [2.24, 2.45) is 0 Å². The summed E-state index contributed by atoms with van der Waals surface area (Å²) in [6, 6.07) is 15.4. The van der Waals surface area contributed by atoms with Crippen molar-refractivity contribution in [1.82, 2.24) is 14.7 Å². The molecule has 1 amide bonds. The van der Waals surface area contributed by atoms with Crippen LogP contribution < -0.4 is 4.74 Å². The lowest BCUT2D eigenvalue weighted by molar-refractivity contribution is -0.000388. The SMILES string of the molecule is CC(C)(C)OC(=O)N1CC(n2cc(-c3cccc(OCc4ccccc4)c3C=O)cn2)C1. The Morgan fingerprint density at radius 2 is 1.88 bits per heavy atom. The highest BCUT2D eigenvalue weighted by molar-refractivity contribution is 5.90. The first kappa shape index (κ1) is 21.6. The molecule has 0 aliphatic carbocycles. The van der Waals surface area contributed by atoms with E-state index >= 15 is 0 Å². The first-order chi connectivity index (χ1) is 15.3. The number of hydrogen-bond acceptors (Lipinski definition) is 5. The van der Waals surface area contributed by atoms with E-state index in [1.807, 2.05) is 74.1 Å². The van der Waals surface area contributed by atoms with E-state index in [0.29, 0.717) is 31.0 Å². The molecule has 7 heteroatoms. The average molecular weight is 434 g/mol. The zero-order valence-electron chi connectivity index (χ0n) is 18.5. The van der Waals surface area contributed by atoms with Crippen LogP contribution in [-0.2, 0) is 11.3 Å². The molecule has 2 heterocycles. The van der Waals surface area contributed by atoms with Crippen molar-refractivity contribution in [2.45, 2.75) is 39.0 Å². The van der Waals surface area contributed by atoms with Crippen molar-refractivity contribution in [3.63, 3.8) is 0 Å². The van der Waals surface area contributed by atoms with Crippen LogP contribution in [0.1, 0.15) is 42.7 Å². The Morgan fingerprint density at radius 1 is 1.12 bits per heavy atom. The van der Waals surface area contributed by atoms with E-state index in [4.69, 9.17) is 9.47 Å². The molecule has 2 aromatic carbocycles. The topological polar surface area (TPSA) is 73.7 Å². The summed E-state index contributed by atoms with van der Waals surface area (Å²) >= 11 is 0. The van der Waals surface area contributed by atoms with E-state index in [9.17, 15) is 9.59 Å².